The third-order valence-electron chi connectivity index (χ3n) is 4.71. The third kappa shape index (κ3) is 1.96. The standard InChI is InChI=1S/C20H19NO3/c1-10-9-20(3,4)21-13-6-5-12-17-11(2)14(22)7-8-15(17)24-19(23)18(12)16(10)13/h5-9,21-22H,1-4H3. The summed E-state index contributed by atoms with van der Waals surface area (Å²) in [4.78, 5) is 12.7. The van der Waals surface area contributed by atoms with Gasteiger partial charge in [-0.3, -0.25) is 0 Å². The summed E-state index contributed by atoms with van der Waals surface area (Å²) in [5, 5.41) is 15.7. The summed E-state index contributed by atoms with van der Waals surface area (Å²) in [7, 11) is 0. The van der Waals surface area contributed by atoms with Crippen LogP contribution in [0.15, 0.2) is 39.6 Å². The van der Waals surface area contributed by atoms with Gasteiger partial charge in [-0.05, 0) is 51.5 Å². The molecule has 24 heavy (non-hydrogen) atoms. The van der Waals surface area contributed by atoms with Gasteiger partial charge in [-0.15, -0.1) is 0 Å². The Morgan fingerprint density at radius 2 is 1.83 bits per heavy atom. The number of phenolic OH excluding ortho intramolecular Hbond substituents is 1. The number of allylic oxidation sites excluding steroid dienone is 1. The average molecular weight is 321 g/mol. The number of phenols is 1. The third-order valence-corrected chi connectivity index (χ3v) is 4.71. The van der Waals surface area contributed by atoms with E-state index >= 15 is 0 Å². The van der Waals surface area contributed by atoms with Crippen LogP contribution in [0.5, 0.6) is 5.75 Å². The van der Waals surface area contributed by atoms with Gasteiger partial charge in [-0.25, -0.2) is 4.79 Å². The van der Waals surface area contributed by atoms with Crippen molar-refractivity contribution in [2.24, 2.45) is 0 Å². The van der Waals surface area contributed by atoms with Gasteiger partial charge in [0.15, 0.2) is 0 Å². The largest absolute Gasteiger partial charge is 0.508 e. The zero-order valence-corrected chi connectivity index (χ0v) is 14.2. The van der Waals surface area contributed by atoms with Crippen LogP contribution in [0.3, 0.4) is 0 Å². The van der Waals surface area contributed by atoms with Crippen LogP contribution in [-0.2, 0) is 0 Å². The SMILES string of the molecule is CC1=CC(C)(C)Nc2ccc3c(c21)c(=O)oc1ccc(O)c(C)c13. The van der Waals surface area contributed by atoms with Crippen LogP contribution in [0.1, 0.15) is 31.9 Å². The van der Waals surface area contributed by atoms with Gasteiger partial charge in [0.05, 0.1) is 10.9 Å². The second-order valence-corrected chi connectivity index (χ2v) is 7.06. The van der Waals surface area contributed by atoms with E-state index in [9.17, 15) is 9.90 Å². The molecule has 0 bridgehead atoms. The zero-order chi connectivity index (χ0) is 17.2. The van der Waals surface area contributed by atoms with Gasteiger partial charge < -0.3 is 14.8 Å². The van der Waals surface area contributed by atoms with Crippen molar-refractivity contribution in [3.63, 3.8) is 0 Å². The molecule has 0 aliphatic carbocycles. The van der Waals surface area contributed by atoms with Crippen molar-refractivity contribution in [3.05, 3.63) is 51.9 Å². The fraction of sp³-hybridized carbons (Fsp3) is 0.250. The Morgan fingerprint density at radius 3 is 2.58 bits per heavy atom. The smallest absolute Gasteiger partial charge is 0.344 e. The molecule has 4 heteroatoms. The zero-order valence-electron chi connectivity index (χ0n) is 14.2. The van der Waals surface area contributed by atoms with Gasteiger partial charge in [0.25, 0.3) is 0 Å². The van der Waals surface area contributed by atoms with Crippen molar-refractivity contribution in [2.75, 3.05) is 5.32 Å². The fourth-order valence-corrected chi connectivity index (χ4v) is 3.78. The highest BCUT2D eigenvalue weighted by Gasteiger charge is 2.26. The molecule has 3 aromatic rings. The number of aromatic hydroxyl groups is 1. The molecule has 2 aromatic carbocycles. The van der Waals surface area contributed by atoms with Crippen LogP contribution >= 0.6 is 0 Å². The van der Waals surface area contributed by atoms with E-state index in [4.69, 9.17) is 4.42 Å². The summed E-state index contributed by atoms with van der Waals surface area (Å²) in [5.74, 6) is 0.196. The van der Waals surface area contributed by atoms with Gasteiger partial charge >= 0.3 is 5.63 Å². The lowest BCUT2D eigenvalue weighted by molar-refractivity contribution is 0.471. The van der Waals surface area contributed by atoms with Crippen LogP contribution < -0.4 is 10.9 Å². The number of nitrogens with one attached hydrogen (secondary N) is 1. The van der Waals surface area contributed by atoms with E-state index in [1.54, 1.807) is 12.1 Å². The maximum absolute atomic E-state index is 12.7. The van der Waals surface area contributed by atoms with E-state index in [2.05, 4.69) is 25.2 Å². The summed E-state index contributed by atoms with van der Waals surface area (Å²) in [6.45, 7) is 8.03. The van der Waals surface area contributed by atoms with E-state index in [1.165, 1.54) is 0 Å². The maximum atomic E-state index is 12.7. The van der Waals surface area contributed by atoms with Crippen LogP contribution in [0.25, 0.3) is 27.3 Å². The number of benzene rings is 2. The molecule has 4 rings (SSSR count). The molecule has 0 fully saturated rings. The molecule has 1 aliphatic rings. The molecule has 122 valence electrons. The van der Waals surface area contributed by atoms with E-state index in [-0.39, 0.29) is 16.9 Å². The summed E-state index contributed by atoms with van der Waals surface area (Å²) >= 11 is 0. The Kier molecular flexibility index (Phi) is 2.86. The second kappa shape index (κ2) is 4.63. The minimum atomic E-state index is -0.353. The highest BCUT2D eigenvalue weighted by molar-refractivity contribution is 6.12. The summed E-state index contributed by atoms with van der Waals surface area (Å²) < 4.78 is 5.56. The van der Waals surface area contributed by atoms with Crippen molar-refractivity contribution in [2.45, 2.75) is 33.2 Å². The molecule has 0 amide bonds. The number of rotatable bonds is 0. The molecule has 1 aliphatic heterocycles. The molecule has 2 heterocycles. The molecule has 0 atom stereocenters. The Balaban J connectivity index is 2.23. The Hall–Kier alpha value is -2.75. The van der Waals surface area contributed by atoms with Crippen molar-refractivity contribution < 1.29 is 9.52 Å². The second-order valence-electron chi connectivity index (χ2n) is 7.06. The molecule has 0 radical (unpaired) electrons. The predicted molar refractivity (Wildman–Crippen MR) is 97.7 cm³/mol. The van der Waals surface area contributed by atoms with Gasteiger partial charge in [-0.1, -0.05) is 12.1 Å². The monoisotopic (exact) mass is 321 g/mol. The van der Waals surface area contributed by atoms with Crippen molar-refractivity contribution in [1.82, 2.24) is 0 Å². The van der Waals surface area contributed by atoms with Gasteiger partial charge in [0.1, 0.15) is 11.3 Å². The Morgan fingerprint density at radius 1 is 1.08 bits per heavy atom. The average Bonchev–Trinajstić information content (AvgIpc) is 2.49. The summed E-state index contributed by atoms with van der Waals surface area (Å²) in [6.07, 6.45) is 2.12. The first-order valence-electron chi connectivity index (χ1n) is 7.98. The first-order valence-corrected chi connectivity index (χ1v) is 7.98. The first kappa shape index (κ1) is 14.8. The van der Waals surface area contributed by atoms with E-state index in [0.717, 1.165) is 27.6 Å². The number of hydrogen-bond donors (Lipinski definition) is 2. The number of aryl methyl sites for hydroxylation is 1. The lowest BCUT2D eigenvalue weighted by Gasteiger charge is -2.32. The number of hydrogen-bond acceptors (Lipinski definition) is 4. The van der Waals surface area contributed by atoms with Crippen LogP contribution in [0, 0.1) is 6.92 Å². The molecule has 0 spiro atoms. The topological polar surface area (TPSA) is 62.5 Å². The molecule has 1 aromatic heterocycles. The summed E-state index contributed by atoms with van der Waals surface area (Å²) in [6, 6.07) is 7.13. The molecule has 0 saturated heterocycles. The normalized spacial score (nSPS) is 15.9. The van der Waals surface area contributed by atoms with E-state index in [0.29, 0.717) is 16.5 Å². The van der Waals surface area contributed by atoms with Crippen molar-refractivity contribution >= 4 is 33.0 Å². The van der Waals surface area contributed by atoms with Crippen LogP contribution in [-0.4, -0.2) is 10.6 Å². The molecule has 4 nitrogen and oxygen atoms in total. The van der Waals surface area contributed by atoms with Gasteiger partial charge in [-0.2, -0.15) is 0 Å². The molecule has 2 N–H and O–H groups in total. The Bertz CT molecular complexity index is 1100. The quantitative estimate of drug-likeness (QED) is 0.470. The molecule has 0 unspecified atom stereocenters. The minimum Gasteiger partial charge on any atom is -0.508 e. The number of fused-ring (bicyclic) bond motifs is 5. The molecular formula is C20H19NO3. The van der Waals surface area contributed by atoms with Crippen molar-refractivity contribution in [3.8, 4) is 5.75 Å². The molecule has 0 saturated carbocycles. The minimum absolute atomic E-state index is 0.171. The first-order chi connectivity index (χ1) is 11.3. The number of anilines is 1. The molecular weight excluding hydrogens is 302 g/mol. The van der Waals surface area contributed by atoms with Crippen LogP contribution in [0.2, 0.25) is 0 Å². The van der Waals surface area contributed by atoms with Gasteiger partial charge in [0.2, 0.25) is 0 Å². The lowest BCUT2D eigenvalue weighted by atomic mass is 9.88. The summed E-state index contributed by atoms with van der Waals surface area (Å²) in [5.41, 5.74) is 3.54. The predicted octanol–water partition coefficient (Wildman–Crippen LogP) is 4.57. The van der Waals surface area contributed by atoms with E-state index in [1.807, 2.05) is 26.0 Å². The Labute approximate surface area is 139 Å². The highest BCUT2D eigenvalue weighted by Crippen LogP contribution is 2.40. The fourth-order valence-electron chi connectivity index (χ4n) is 3.78. The van der Waals surface area contributed by atoms with Gasteiger partial charge in [0, 0.05) is 27.6 Å². The highest BCUT2D eigenvalue weighted by atomic mass is 16.4. The lowest BCUT2D eigenvalue weighted by Crippen LogP contribution is -2.31. The maximum Gasteiger partial charge on any atom is 0.344 e. The van der Waals surface area contributed by atoms with Crippen molar-refractivity contribution in [1.29, 1.82) is 0 Å². The van der Waals surface area contributed by atoms with Crippen LogP contribution in [0.4, 0.5) is 5.69 Å². The van der Waals surface area contributed by atoms with E-state index < -0.39 is 0 Å².